The van der Waals surface area contributed by atoms with E-state index < -0.39 is 0 Å². The van der Waals surface area contributed by atoms with Gasteiger partial charge in [-0.25, -0.2) is 0 Å². The van der Waals surface area contributed by atoms with E-state index in [1.54, 1.807) is 6.92 Å². The first-order valence-electron chi connectivity index (χ1n) is 10.9. The van der Waals surface area contributed by atoms with Gasteiger partial charge in [-0.1, -0.05) is 77.6 Å². The van der Waals surface area contributed by atoms with Crippen LogP contribution in [0.25, 0.3) is 0 Å². The van der Waals surface area contributed by atoms with Crippen LogP contribution in [0, 0.1) is 0 Å². The van der Waals surface area contributed by atoms with Crippen molar-refractivity contribution in [3.8, 4) is 0 Å². The molecule has 0 rings (SSSR count). The summed E-state index contributed by atoms with van der Waals surface area (Å²) >= 11 is 0. The number of ether oxygens (including phenoxy) is 2. The van der Waals surface area contributed by atoms with Crippen LogP contribution in [0.15, 0.2) is 0 Å². The van der Waals surface area contributed by atoms with Crippen LogP contribution in [-0.4, -0.2) is 24.6 Å². The van der Waals surface area contributed by atoms with Crippen LogP contribution in [0.4, 0.5) is 0 Å². The normalized spacial score (nSPS) is 12.0. The molecule has 0 aromatic rings. The number of carbonyl (C=O) groups excluding carboxylic acids is 2. The van der Waals surface area contributed by atoms with Crippen LogP contribution in [-0.2, 0) is 19.1 Å². The molecule has 0 amide bonds. The van der Waals surface area contributed by atoms with Gasteiger partial charge in [0.05, 0.1) is 25.6 Å². The summed E-state index contributed by atoms with van der Waals surface area (Å²) in [4.78, 5) is 22.9. The van der Waals surface area contributed by atoms with E-state index in [0.29, 0.717) is 6.61 Å². The van der Waals surface area contributed by atoms with Crippen LogP contribution in [0.1, 0.15) is 117 Å². The zero-order valence-corrected chi connectivity index (χ0v) is 17.5. The summed E-state index contributed by atoms with van der Waals surface area (Å²) < 4.78 is 10.1. The third kappa shape index (κ3) is 17.8. The van der Waals surface area contributed by atoms with Crippen LogP contribution >= 0.6 is 0 Å². The molecule has 0 saturated heterocycles. The molecule has 0 spiro atoms. The van der Waals surface area contributed by atoms with Crippen molar-refractivity contribution in [3.05, 3.63) is 0 Å². The Hall–Kier alpha value is -1.06. The molecule has 0 heterocycles. The number of esters is 2. The van der Waals surface area contributed by atoms with Crippen molar-refractivity contribution < 1.29 is 19.1 Å². The fraction of sp³-hybridized carbons (Fsp3) is 0.909. The largest absolute Gasteiger partial charge is 0.466 e. The molecule has 0 aliphatic carbocycles. The van der Waals surface area contributed by atoms with E-state index in [1.165, 1.54) is 70.6 Å². The van der Waals surface area contributed by atoms with Crippen LogP contribution in [0.5, 0.6) is 0 Å². The maximum Gasteiger partial charge on any atom is 0.306 e. The molecule has 0 saturated carbocycles. The van der Waals surface area contributed by atoms with Gasteiger partial charge >= 0.3 is 11.9 Å². The average molecular weight is 371 g/mol. The average Bonchev–Trinajstić information content (AvgIpc) is 2.61. The minimum atomic E-state index is -0.335. The van der Waals surface area contributed by atoms with Gasteiger partial charge in [0.2, 0.25) is 0 Å². The molecule has 4 nitrogen and oxygen atoms in total. The lowest BCUT2D eigenvalue weighted by Crippen LogP contribution is -2.16. The predicted molar refractivity (Wildman–Crippen MR) is 107 cm³/mol. The highest BCUT2D eigenvalue weighted by Gasteiger charge is 2.12. The lowest BCUT2D eigenvalue weighted by Gasteiger charge is -2.13. The molecule has 1 unspecified atom stereocenters. The van der Waals surface area contributed by atoms with E-state index in [-0.39, 0.29) is 30.9 Å². The Bertz CT molecular complexity index is 341. The monoisotopic (exact) mass is 370 g/mol. The minimum absolute atomic E-state index is 0.0622. The number of rotatable bonds is 18. The molecule has 0 fully saturated rings. The Morgan fingerprint density at radius 1 is 0.692 bits per heavy atom. The lowest BCUT2D eigenvalue weighted by molar-refractivity contribution is -0.153. The van der Waals surface area contributed by atoms with E-state index in [1.807, 2.05) is 6.92 Å². The first-order valence-corrected chi connectivity index (χ1v) is 10.9. The van der Waals surface area contributed by atoms with Crippen LogP contribution < -0.4 is 0 Å². The molecule has 0 aliphatic rings. The highest BCUT2D eigenvalue weighted by molar-refractivity contribution is 5.77. The minimum Gasteiger partial charge on any atom is -0.466 e. The van der Waals surface area contributed by atoms with E-state index in [9.17, 15) is 9.59 Å². The summed E-state index contributed by atoms with van der Waals surface area (Å²) in [5.41, 5.74) is 0. The van der Waals surface area contributed by atoms with Crippen molar-refractivity contribution in [3.63, 3.8) is 0 Å². The molecule has 0 aromatic carbocycles. The lowest BCUT2D eigenvalue weighted by atomic mass is 10.0. The molecule has 154 valence electrons. The second kappa shape index (κ2) is 18.7. The van der Waals surface area contributed by atoms with Crippen molar-refractivity contribution in [2.24, 2.45) is 0 Å². The van der Waals surface area contributed by atoms with Crippen molar-refractivity contribution >= 4 is 11.9 Å². The smallest absolute Gasteiger partial charge is 0.306 e. The van der Waals surface area contributed by atoms with E-state index >= 15 is 0 Å². The summed E-state index contributed by atoms with van der Waals surface area (Å²) in [5, 5.41) is 0. The maximum atomic E-state index is 11.7. The molecule has 0 radical (unpaired) electrons. The number of hydrogen-bond acceptors (Lipinski definition) is 4. The van der Waals surface area contributed by atoms with Gasteiger partial charge in [-0.2, -0.15) is 0 Å². The summed E-state index contributed by atoms with van der Waals surface area (Å²) in [6, 6.07) is 0. The molecule has 1 atom stereocenters. The second-order valence-corrected chi connectivity index (χ2v) is 7.28. The molecular weight excluding hydrogens is 328 g/mol. The van der Waals surface area contributed by atoms with Crippen molar-refractivity contribution in [2.45, 2.75) is 123 Å². The molecule has 26 heavy (non-hydrogen) atoms. The molecule has 0 N–H and O–H groups in total. The Morgan fingerprint density at radius 3 is 1.65 bits per heavy atom. The molecule has 0 aliphatic heterocycles. The first-order chi connectivity index (χ1) is 12.6. The van der Waals surface area contributed by atoms with Crippen molar-refractivity contribution in [1.29, 1.82) is 0 Å². The van der Waals surface area contributed by atoms with Crippen molar-refractivity contribution in [1.82, 2.24) is 0 Å². The van der Waals surface area contributed by atoms with Gasteiger partial charge in [0.1, 0.15) is 0 Å². The summed E-state index contributed by atoms with van der Waals surface area (Å²) in [5.74, 6) is -0.637. The zero-order chi connectivity index (χ0) is 19.5. The van der Waals surface area contributed by atoms with Gasteiger partial charge in [-0.3, -0.25) is 9.59 Å². The zero-order valence-electron chi connectivity index (χ0n) is 17.5. The van der Waals surface area contributed by atoms with Gasteiger partial charge < -0.3 is 9.47 Å². The van der Waals surface area contributed by atoms with Gasteiger partial charge in [0.15, 0.2) is 0 Å². The SMILES string of the molecule is CCCCCCCCCCCCCCC(C)OC(=O)CCC(=O)OCC. The van der Waals surface area contributed by atoms with Crippen LogP contribution in [0.3, 0.4) is 0 Å². The van der Waals surface area contributed by atoms with Gasteiger partial charge in [-0.15, -0.1) is 0 Å². The third-order valence-electron chi connectivity index (χ3n) is 4.64. The van der Waals surface area contributed by atoms with Gasteiger partial charge in [0, 0.05) is 0 Å². The number of unbranched alkanes of at least 4 members (excludes halogenated alkanes) is 11. The van der Waals surface area contributed by atoms with E-state index in [0.717, 1.165) is 12.8 Å². The Labute approximate surface area is 161 Å². The molecular formula is C22H42O4. The molecule has 0 bridgehead atoms. The van der Waals surface area contributed by atoms with E-state index in [2.05, 4.69) is 6.92 Å². The number of carbonyl (C=O) groups is 2. The standard InChI is InChI=1S/C22H42O4/c1-4-6-7-8-9-10-11-12-13-14-15-16-17-20(3)26-22(24)19-18-21(23)25-5-2/h20H,4-19H2,1-3H3. The molecule has 0 aromatic heterocycles. The maximum absolute atomic E-state index is 11.7. The third-order valence-corrected chi connectivity index (χ3v) is 4.64. The summed E-state index contributed by atoms with van der Waals surface area (Å²) in [7, 11) is 0. The fourth-order valence-electron chi connectivity index (χ4n) is 3.05. The summed E-state index contributed by atoms with van der Waals surface area (Å²) in [6.45, 7) is 6.30. The van der Waals surface area contributed by atoms with Crippen molar-refractivity contribution in [2.75, 3.05) is 6.61 Å². The Morgan fingerprint density at radius 2 is 1.15 bits per heavy atom. The Balaban J connectivity index is 3.36. The number of hydrogen-bond donors (Lipinski definition) is 0. The second-order valence-electron chi connectivity index (χ2n) is 7.28. The van der Waals surface area contributed by atoms with E-state index in [4.69, 9.17) is 9.47 Å². The first kappa shape index (κ1) is 24.9. The predicted octanol–water partition coefficient (Wildman–Crippen LogP) is 6.35. The van der Waals surface area contributed by atoms with Gasteiger partial charge in [-0.05, 0) is 26.7 Å². The fourth-order valence-corrected chi connectivity index (χ4v) is 3.05. The van der Waals surface area contributed by atoms with Gasteiger partial charge in [0.25, 0.3) is 0 Å². The topological polar surface area (TPSA) is 52.6 Å². The molecule has 4 heteroatoms. The Kier molecular flexibility index (Phi) is 18.0. The highest BCUT2D eigenvalue weighted by Crippen LogP contribution is 2.14. The van der Waals surface area contributed by atoms with Crippen LogP contribution in [0.2, 0.25) is 0 Å². The quantitative estimate of drug-likeness (QED) is 0.208. The summed E-state index contributed by atoms with van der Waals surface area (Å²) in [6.07, 6.45) is 17.0. The highest BCUT2D eigenvalue weighted by atomic mass is 16.5.